The van der Waals surface area contributed by atoms with Crippen molar-refractivity contribution in [2.45, 2.75) is 6.18 Å². The van der Waals surface area contributed by atoms with Crippen molar-refractivity contribution < 1.29 is 36.2 Å². The third kappa shape index (κ3) is 11.2. The lowest BCUT2D eigenvalue weighted by Gasteiger charge is -2.26. The Morgan fingerprint density at radius 2 is 1.79 bits per heavy atom. The molecule has 1 aromatic heterocycles. The first-order chi connectivity index (χ1) is 19.8. The van der Waals surface area contributed by atoms with Crippen LogP contribution in [0.15, 0.2) is 54.7 Å². The summed E-state index contributed by atoms with van der Waals surface area (Å²) in [7, 11) is -3.45. The van der Waals surface area contributed by atoms with Crippen molar-refractivity contribution in [1.82, 2.24) is 20.2 Å². The maximum Gasteiger partial charge on any atom is 0.490 e. The molecule has 228 valence electrons. The first kappa shape index (κ1) is 32.7. The van der Waals surface area contributed by atoms with E-state index in [1.54, 1.807) is 24.3 Å². The van der Waals surface area contributed by atoms with Crippen LogP contribution in [0, 0.1) is 0 Å². The van der Waals surface area contributed by atoms with Crippen molar-refractivity contribution >= 4 is 56.4 Å². The van der Waals surface area contributed by atoms with Gasteiger partial charge in [0.1, 0.15) is 17.4 Å². The summed E-state index contributed by atoms with van der Waals surface area (Å²) in [5, 5.41) is 17.0. The molecule has 1 saturated heterocycles. The lowest BCUT2D eigenvalue weighted by molar-refractivity contribution is -0.192. The van der Waals surface area contributed by atoms with Crippen LogP contribution in [-0.4, -0.2) is 86.1 Å². The number of carboxylic acid groups (broad SMARTS) is 1. The topological polar surface area (TPSA) is 158 Å². The summed E-state index contributed by atoms with van der Waals surface area (Å²) >= 11 is 6.30. The standard InChI is InChI=1S/C23H28ClN7O3S.C2HF3O2/c1-35(32,33)30-21-8-3-2-7-20(21)28-22-19(24)16-26-23(29-22)27-17-5-4-6-18(15-17)34-14-13-31-11-9-25-10-12-31;3-2(4,5)1(6)7/h2-8,15-16,25,30H,9-14H2,1H3,(H2,26,27,28,29);(H,6,7). The molecule has 1 aliphatic rings. The molecule has 1 aliphatic heterocycles. The van der Waals surface area contributed by atoms with Crippen molar-refractivity contribution in [3.63, 3.8) is 0 Å². The van der Waals surface area contributed by atoms with Crippen molar-refractivity contribution in [3.05, 3.63) is 59.8 Å². The fourth-order valence-electron chi connectivity index (χ4n) is 3.54. The average molecular weight is 632 g/mol. The zero-order valence-electron chi connectivity index (χ0n) is 22.3. The molecule has 1 fully saturated rings. The Morgan fingerprint density at radius 1 is 1.12 bits per heavy atom. The molecule has 5 N–H and O–H groups in total. The Hall–Kier alpha value is -3.86. The second-order valence-electron chi connectivity index (χ2n) is 8.83. The van der Waals surface area contributed by atoms with Gasteiger partial charge in [-0.3, -0.25) is 9.62 Å². The molecule has 4 rings (SSSR count). The molecule has 0 unspecified atom stereocenters. The van der Waals surface area contributed by atoms with Crippen LogP contribution in [0.3, 0.4) is 0 Å². The lowest BCUT2D eigenvalue weighted by Crippen LogP contribution is -2.44. The predicted molar refractivity (Wildman–Crippen MR) is 153 cm³/mol. The van der Waals surface area contributed by atoms with E-state index in [4.69, 9.17) is 26.2 Å². The largest absolute Gasteiger partial charge is 0.492 e. The molecule has 2 aromatic carbocycles. The van der Waals surface area contributed by atoms with Crippen LogP contribution in [0.2, 0.25) is 5.02 Å². The summed E-state index contributed by atoms with van der Waals surface area (Å²) in [5.74, 6) is -1.36. The van der Waals surface area contributed by atoms with Gasteiger partial charge >= 0.3 is 12.1 Å². The second-order valence-corrected chi connectivity index (χ2v) is 11.0. The van der Waals surface area contributed by atoms with E-state index in [-0.39, 0.29) is 5.02 Å². The maximum atomic E-state index is 11.7. The van der Waals surface area contributed by atoms with Gasteiger partial charge in [-0.2, -0.15) is 18.2 Å². The van der Waals surface area contributed by atoms with E-state index in [0.29, 0.717) is 29.7 Å². The van der Waals surface area contributed by atoms with Gasteiger partial charge in [-0.1, -0.05) is 29.8 Å². The highest BCUT2D eigenvalue weighted by Gasteiger charge is 2.38. The third-order valence-electron chi connectivity index (χ3n) is 5.44. The lowest BCUT2D eigenvalue weighted by atomic mass is 10.2. The number of sulfonamides is 1. The number of aromatic nitrogens is 2. The van der Waals surface area contributed by atoms with Crippen LogP contribution in [-0.2, 0) is 14.8 Å². The number of rotatable bonds is 10. The summed E-state index contributed by atoms with van der Waals surface area (Å²) in [6.07, 6.45) is -2.52. The minimum absolute atomic E-state index is 0.287. The molecule has 0 bridgehead atoms. The molecular weight excluding hydrogens is 603 g/mol. The molecule has 0 atom stereocenters. The van der Waals surface area contributed by atoms with E-state index in [0.717, 1.165) is 50.4 Å². The van der Waals surface area contributed by atoms with Gasteiger partial charge in [0.15, 0.2) is 5.82 Å². The molecule has 17 heteroatoms. The highest BCUT2D eigenvalue weighted by Crippen LogP contribution is 2.30. The van der Waals surface area contributed by atoms with E-state index < -0.39 is 22.2 Å². The molecule has 3 aromatic rings. The summed E-state index contributed by atoms with van der Waals surface area (Å²) in [4.78, 5) is 20.0. The number of carbonyl (C=O) groups is 1. The number of piperazine rings is 1. The average Bonchev–Trinajstić information content (AvgIpc) is 2.91. The molecular formula is C25H29ClF3N7O5S. The molecule has 0 saturated carbocycles. The van der Waals surface area contributed by atoms with Gasteiger partial charge < -0.3 is 25.8 Å². The van der Waals surface area contributed by atoms with E-state index in [1.807, 2.05) is 24.3 Å². The zero-order valence-corrected chi connectivity index (χ0v) is 23.9. The first-order valence-corrected chi connectivity index (χ1v) is 14.7. The van der Waals surface area contributed by atoms with Crippen LogP contribution >= 0.6 is 11.6 Å². The van der Waals surface area contributed by atoms with E-state index >= 15 is 0 Å². The van der Waals surface area contributed by atoms with Crippen molar-refractivity contribution in [2.24, 2.45) is 0 Å². The van der Waals surface area contributed by atoms with Crippen LogP contribution in [0.25, 0.3) is 0 Å². The minimum Gasteiger partial charge on any atom is -0.492 e. The Balaban J connectivity index is 0.000000616. The van der Waals surface area contributed by atoms with Gasteiger partial charge in [0, 0.05) is 44.5 Å². The third-order valence-corrected chi connectivity index (χ3v) is 6.31. The van der Waals surface area contributed by atoms with Gasteiger partial charge in [0.25, 0.3) is 0 Å². The van der Waals surface area contributed by atoms with Crippen LogP contribution < -0.4 is 25.4 Å². The van der Waals surface area contributed by atoms with Gasteiger partial charge in [-0.15, -0.1) is 0 Å². The van der Waals surface area contributed by atoms with E-state index in [9.17, 15) is 21.6 Å². The number of anilines is 5. The fraction of sp³-hybridized carbons (Fsp3) is 0.320. The zero-order chi connectivity index (χ0) is 30.8. The van der Waals surface area contributed by atoms with Crippen LogP contribution in [0.4, 0.5) is 42.0 Å². The van der Waals surface area contributed by atoms with Crippen molar-refractivity contribution in [2.75, 3.05) is 60.9 Å². The predicted octanol–water partition coefficient (Wildman–Crippen LogP) is 3.91. The molecule has 0 spiro atoms. The number of benzene rings is 2. The Bertz CT molecular complexity index is 1460. The minimum atomic E-state index is -5.08. The number of nitrogens with one attached hydrogen (secondary N) is 4. The Labute approximate surface area is 245 Å². The highest BCUT2D eigenvalue weighted by atomic mass is 35.5. The molecule has 0 aliphatic carbocycles. The van der Waals surface area contributed by atoms with Gasteiger partial charge in [-0.25, -0.2) is 18.2 Å². The number of para-hydroxylation sites is 2. The van der Waals surface area contributed by atoms with Gasteiger partial charge in [0.2, 0.25) is 16.0 Å². The maximum absolute atomic E-state index is 11.7. The normalized spacial score (nSPS) is 13.8. The number of hydrogen-bond donors (Lipinski definition) is 5. The Morgan fingerprint density at radius 3 is 2.43 bits per heavy atom. The molecule has 42 heavy (non-hydrogen) atoms. The Kier molecular flexibility index (Phi) is 11.6. The number of aliphatic carboxylic acids is 1. The number of alkyl halides is 3. The summed E-state index contributed by atoms with van der Waals surface area (Å²) < 4.78 is 63.5. The number of ether oxygens (including phenoxy) is 1. The van der Waals surface area contributed by atoms with Gasteiger partial charge in [-0.05, 0) is 24.3 Å². The second kappa shape index (κ2) is 14.9. The summed E-state index contributed by atoms with van der Waals surface area (Å²) in [6.45, 7) is 5.57. The SMILES string of the molecule is CS(=O)(=O)Nc1ccccc1Nc1nc(Nc2cccc(OCCN3CCNCC3)c2)ncc1Cl.O=C(O)C(F)(F)F. The smallest absolute Gasteiger partial charge is 0.490 e. The number of nitrogens with zero attached hydrogens (tertiary/aromatic N) is 3. The first-order valence-electron chi connectivity index (χ1n) is 12.4. The number of halogens is 4. The summed E-state index contributed by atoms with van der Waals surface area (Å²) in [5.41, 5.74) is 1.64. The van der Waals surface area contributed by atoms with E-state index in [1.165, 1.54) is 6.20 Å². The summed E-state index contributed by atoms with van der Waals surface area (Å²) in [6, 6.07) is 14.4. The van der Waals surface area contributed by atoms with Gasteiger partial charge in [0.05, 0.1) is 23.8 Å². The number of carboxylic acids is 1. The quantitative estimate of drug-likeness (QED) is 0.221. The van der Waals surface area contributed by atoms with Crippen LogP contribution in [0.5, 0.6) is 5.75 Å². The molecule has 2 heterocycles. The fourth-order valence-corrected chi connectivity index (χ4v) is 4.26. The number of hydrogen-bond acceptors (Lipinski definition) is 10. The highest BCUT2D eigenvalue weighted by molar-refractivity contribution is 7.92. The van der Waals surface area contributed by atoms with Crippen LogP contribution in [0.1, 0.15) is 0 Å². The molecule has 12 nitrogen and oxygen atoms in total. The van der Waals surface area contributed by atoms with E-state index in [2.05, 4.69) is 35.5 Å². The van der Waals surface area contributed by atoms with Crippen molar-refractivity contribution in [3.8, 4) is 5.75 Å². The molecule has 0 amide bonds. The molecule has 0 radical (unpaired) electrons. The monoisotopic (exact) mass is 631 g/mol. The van der Waals surface area contributed by atoms with Crippen molar-refractivity contribution in [1.29, 1.82) is 0 Å².